The van der Waals surface area contributed by atoms with Gasteiger partial charge in [-0.3, -0.25) is 0 Å². The maximum absolute atomic E-state index is 6.46. The summed E-state index contributed by atoms with van der Waals surface area (Å²) in [5.41, 5.74) is 6.43. The van der Waals surface area contributed by atoms with Crippen LogP contribution in [0.1, 0.15) is 0 Å². The first kappa shape index (κ1) is 26.5. The van der Waals surface area contributed by atoms with Crippen LogP contribution in [0.25, 0.3) is 97.1 Å². The van der Waals surface area contributed by atoms with Crippen LogP contribution in [0.3, 0.4) is 0 Å². The van der Waals surface area contributed by atoms with Gasteiger partial charge in [-0.2, -0.15) is 0 Å². The van der Waals surface area contributed by atoms with Crippen molar-refractivity contribution in [2.75, 3.05) is 0 Å². The lowest BCUT2D eigenvalue weighted by Crippen LogP contribution is -2.00. The van der Waals surface area contributed by atoms with Gasteiger partial charge in [0.25, 0.3) is 0 Å². The van der Waals surface area contributed by atoms with Crippen LogP contribution < -0.4 is 0 Å². The summed E-state index contributed by atoms with van der Waals surface area (Å²) in [4.78, 5) is 20.3. The summed E-state index contributed by atoms with van der Waals surface area (Å²) in [6, 6.07) is 45.7. The molecule has 4 heterocycles. The van der Waals surface area contributed by atoms with E-state index in [2.05, 4.69) is 66.7 Å². The Morgan fingerprint density at radius 1 is 0.426 bits per heavy atom. The molecule has 0 spiro atoms. The summed E-state index contributed by atoms with van der Waals surface area (Å²) in [6.45, 7) is 0. The van der Waals surface area contributed by atoms with E-state index >= 15 is 0 Å². The summed E-state index contributed by atoms with van der Waals surface area (Å²) in [5, 5.41) is 5.35. The van der Waals surface area contributed by atoms with Gasteiger partial charge in [-0.05, 0) is 24.3 Å². The van der Waals surface area contributed by atoms with E-state index in [0.717, 1.165) is 64.8 Å². The molecule has 47 heavy (non-hydrogen) atoms. The molecule has 7 heteroatoms. The van der Waals surface area contributed by atoms with Gasteiger partial charge in [0.05, 0.1) is 10.2 Å². The number of hydrogen-bond acceptors (Lipinski definition) is 7. The van der Waals surface area contributed by atoms with Gasteiger partial charge in [0.1, 0.15) is 16.2 Å². The van der Waals surface area contributed by atoms with Crippen LogP contribution in [0.15, 0.2) is 138 Å². The molecule has 0 unspecified atom stereocenters. The summed E-state index contributed by atoms with van der Waals surface area (Å²) in [6.07, 6.45) is 0. The van der Waals surface area contributed by atoms with Crippen LogP contribution >= 0.6 is 22.7 Å². The van der Waals surface area contributed by atoms with Gasteiger partial charge in [0.15, 0.2) is 17.5 Å². The van der Waals surface area contributed by atoms with Crippen LogP contribution in [0.5, 0.6) is 0 Å². The van der Waals surface area contributed by atoms with Crippen LogP contribution in [0.2, 0.25) is 0 Å². The van der Waals surface area contributed by atoms with Crippen molar-refractivity contribution in [3.05, 3.63) is 133 Å². The smallest absolute Gasteiger partial charge is 0.164 e. The first-order valence-corrected chi connectivity index (χ1v) is 16.9. The largest absolute Gasteiger partial charge is 0.456 e. The number of furan rings is 1. The van der Waals surface area contributed by atoms with Gasteiger partial charge >= 0.3 is 0 Å². The molecule has 0 amide bonds. The lowest BCUT2D eigenvalue weighted by atomic mass is 10.0. The molecule has 0 saturated carbocycles. The van der Waals surface area contributed by atoms with E-state index in [-0.39, 0.29) is 0 Å². The highest BCUT2D eigenvalue weighted by Crippen LogP contribution is 2.42. The first-order valence-electron chi connectivity index (χ1n) is 15.3. The van der Waals surface area contributed by atoms with Crippen molar-refractivity contribution in [3.63, 3.8) is 0 Å². The third-order valence-corrected chi connectivity index (χ3v) is 10.8. The molecule has 220 valence electrons. The Morgan fingerprint density at radius 3 is 1.89 bits per heavy atom. The molecule has 10 aromatic rings. The maximum Gasteiger partial charge on any atom is 0.164 e. The number of thiophene rings is 1. The minimum atomic E-state index is 0.605. The second-order valence-corrected chi connectivity index (χ2v) is 13.5. The molecule has 0 radical (unpaired) electrons. The van der Waals surface area contributed by atoms with E-state index < -0.39 is 0 Å². The molecule has 0 aliphatic carbocycles. The number of thiazole rings is 1. The van der Waals surface area contributed by atoms with Crippen LogP contribution in [-0.2, 0) is 0 Å². The van der Waals surface area contributed by atoms with E-state index in [1.807, 2.05) is 66.7 Å². The molecule has 0 aliphatic heterocycles. The average Bonchev–Trinajstić information content (AvgIpc) is 3.84. The standard InChI is InChI=1S/C40H22N4OS2/c1-3-11-23(12-4-1)37-42-38(44-39(43-37)27-17-10-20-33-36(27)25-15-7-8-19-32(25)46-33)26-16-9-18-30-35(26)28-21-34-29(22-31(28)45-30)41-40(47-34)24-13-5-2-6-14-24/h1-22H. The number of benzene rings is 6. The average molecular weight is 639 g/mol. The highest BCUT2D eigenvalue weighted by atomic mass is 32.1. The van der Waals surface area contributed by atoms with Crippen molar-refractivity contribution in [2.24, 2.45) is 0 Å². The van der Waals surface area contributed by atoms with Gasteiger partial charge in [-0.15, -0.1) is 22.7 Å². The normalized spacial score (nSPS) is 11.8. The number of nitrogens with zero attached hydrogens (tertiary/aromatic N) is 4. The molecule has 0 saturated heterocycles. The van der Waals surface area contributed by atoms with Gasteiger partial charge in [0, 0.05) is 59.3 Å². The number of fused-ring (bicyclic) bond motifs is 7. The molecule has 0 N–H and O–H groups in total. The third-order valence-electron chi connectivity index (χ3n) is 8.58. The Balaban J connectivity index is 1.23. The highest BCUT2D eigenvalue weighted by molar-refractivity contribution is 7.26. The second-order valence-electron chi connectivity index (χ2n) is 11.4. The Morgan fingerprint density at radius 2 is 1.09 bits per heavy atom. The molecule has 4 aromatic heterocycles. The number of hydrogen-bond donors (Lipinski definition) is 0. The van der Waals surface area contributed by atoms with Crippen LogP contribution in [-0.4, -0.2) is 19.9 Å². The summed E-state index contributed by atoms with van der Waals surface area (Å²) in [7, 11) is 0. The third kappa shape index (κ3) is 4.28. The number of aromatic nitrogens is 4. The van der Waals surface area contributed by atoms with E-state index in [0.29, 0.717) is 17.5 Å². The minimum Gasteiger partial charge on any atom is -0.456 e. The monoisotopic (exact) mass is 638 g/mol. The molecule has 0 aliphatic rings. The maximum atomic E-state index is 6.46. The van der Waals surface area contributed by atoms with E-state index in [9.17, 15) is 0 Å². The Bertz CT molecular complexity index is 2800. The SMILES string of the molecule is c1ccc(-c2nc(-c3cccc4oc5cc6nc(-c7ccccc7)sc6cc5c34)nc(-c3cccc4sc5ccccc5c34)n2)cc1. The van der Waals surface area contributed by atoms with E-state index in [4.69, 9.17) is 24.4 Å². The zero-order chi connectivity index (χ0) is 30.9. The lowest BCUT2D eigenvalue weighted by molar-refractivity contribution is 0.669. The lowest BCUT2D eigenvalue weighted by Gasteiger charge is -2.10. The van der Waals surface area contributed by atoms with Gasteiger partial charge < -0.3 is 4.42 Å². The molecule has 10 rings (SSSR count). The Kier molecular flexibility index (Phi) is 5.85. The summed E-state index contributed by atoms with van der Waals surface area (Å²) in [5.74, 6) is 1.88. The van der Waals surface area contributed by atoms with Gasteiger partial charge in [-0.25, -0.2) is 19.9 Å². The fraction of sp³-hybridized carbons (Fsp3) is 0. The van der Waals surface area contributed by atoms with E-state index in [1.165, 1.54) is 14.8 Å². The first-order chi connectivity index (χ1) is 23.3. The summed E-state index contributed by atoms with van der Waals surface area (Å²) < 4.78 is 10.0. The van der Waals surface area contributed by atoms with Gasteiger partial charge in [0.2, 0.25) is 0 Å². The molecular formula is C40H22N4OS2. The van der Waals surface area contributed by atoms with Gasteiger partial charge in [-0.1, -0.05) is 103 Å². The zero-order valence-electron chi connectivity index (χ0n) is 24.7. The fourth-order valence-electron chi connectivity index (χ4n) is 6.43. The van der Waals surface area contributed by atoms with Crippen molar-refractivity contribution < 1.29 is 4.42 Å². The quantitative estimate of drug-likeness (QED) is 0.192. The van der Waals surface area contributed by atoms with Crippen molar-refractivity contribution in [1.29, 1.82) is 0 Å². The van der Waals surface area contributed by atoms with Crippen molar-refractivity contribution in [2.45, 2.75) is 0 Å². The zero-order valence-corrected chi connectivity index (χ0v) is 26.3. The predicted octanol–water partition coefficient (Wildman–Crippen LogP) is 11.4. The molecule has 0 atom stereocenters. The Labute approximate surface area is 276 Å². The van der Waals surface area contributed by atoms with Crippen molar-refractivity contribution >= 4 is 75.0 Å². The molecule has 0 bridgehead atoms. The van der Waals surface area contributed by atoms with E-state index in [1.54, 1.807) is 22.7 Å². The fourth-order valence-corrected chi connectivity index (χ4v) is 8.56. The van der Waals surface area contributed by atoms with Crippen LogP contribution in [0.4, 0.5) is 0 Å². The topological polar surface area (TPSA) is 64.7 Å². The molecule has 6 aromatic carbocycles. The molecule has 0 fully saturated rings. The minimum absolute atomic E-state index is 0.605. The second kappa shape index (κ2) is 10.4. The van der Waals surface area contributed by atoms with Crippen molar-refractivity contribution in [3.8, 4) is 44.7 Å². The predicted molar refractivity (Wildman–Crippen MR) is 195 cm³/mol. The highest BCUT2D eigenvalue weighted by Gasteiger charge is 2.20. The number of rotatable bonds is 4. The molecular weight excluding hydrogens is 617 g/mol. The van der Waals surface area contributed by atoms with Crippen LogP contribution in [0, 0.1) is 0 Å². The van der Waals surface area contributed by atoms with Crippen molar-refractivity contribution in [1.82, 2.24) is 19.9 Å². The molecule has 5 nitrogen and oxygen atoms in total. The Hall–Kier alpha value is -5.76. The summed E-state index contributed by atoms with van der Waals surface area (Å²) >= 11 is 3.48.